The Balaban J connectivity index is 1.81. The van der Waals surface area contributed by atoms with Gasteiger partial charge in [-0.05, 0) is 55.5 Å². The van der Waals surface area contributed by atoms with Crippen LogP contribution in [0.1, 0.15) is 22.8 Å². The molecule has 0 saturated carbocycles. The summed E-state index contributed by atoms with van der Waals surface area (Å²) in [4.78, 5) is 14.0. The molecule has 0 aromatic heterocycles. The second-order valence-corrected chi connectivity index (χ2v) is 7.64. The highest BCUT2D eigenvalue weighted by atomic mass is 35.5. The molecule has 0 aliphatic carbocycles. The van der Waals surface area contributed by atoms with Crippen molar-refractivity contribution in [2.75, 3.05) is 19.0 Å². The summed E-state index contributed by atoms with van der Waals surface area (Å²) in [5.74, 6) is 1.79. The molecule has 0 spiro atoms. The first-order valence-corrected chi connectivity index (χ1v) is 10.6. The molecule has 0 fully saturated rings. The summed E-state index contributed by atoms with van der Waals surface area (Å²) in [5.41, 5.74) is 2.03. The first kappa shape index (κ1) is 21.1. The standard InChI is InChI=1S/C23H22ClNO3S/c1-3-28-21-11-9-16(13-17(21)15-29-19-7-5-4-6-8-19)23(26)25-20-14-18(24)10-12-22(20)27-2/h4-14H,3,15H2,1-2H3,(H,25,26). The molecule has 29 heavy (non-hydrogen) atoms. The van der Waals surface area contributed by atoms with E-state index in [1.165, 1.54) is 0 Å². The predicted molar refractivity (Wildman–Crippen MR) is 120 cm³/mol. The van der Waals surface area contributed by atoms with E-state index in [9.17, 15) is 4.79 Å². The van der Waals surface area contributed by atoms with E-state index in [4.69, 9.17) is 21.1 Å². The van der Waals surface area contributed by atoms with Crippen LogP contribution in [0, 0.1) is 0 Å². The zero-order valence-corrected chi connectivity index (χ0v) is 17.8. The highest BCUT2D eigenvalue weighted by Gasteiger charge is 2.14. The Labute approximate surface area is 180 Å². The lowest BCUT2D eigenvalue weighted by Gasteiger charge is -2.14. The average molecular weight is 428 g/mol. The van der Waals surface area contributed by atoms with Gasteiger partial charge < -0.3 is 14.8 Å². The van der Waals surface area contributed by atoms with Crippen molar-refractivity contribution in [2.24, 2.45) is 0 Å². The van der Waals surface area contributed by atoms with E-state index in [0.29, 0.717) is 34.4 Å². The molecule has 3 aromatic carbocycles. The molecule has 0 aliphatic heterocycles. The number of thioether (sulfide) groups is 1. The summed E-state index contributed by atoms with van der Waals surface area (Å²) in [7, 11) is 1.55. The second kappa shape index (κ2) is 10.2. The van der Waals surface area contributed by atoms with E-state index >= 15 is 0 Å². The van der Waals surface area contributed by atoms with Crippen LogP contribution in [0.25, 0.3) is 0 Å². The van der Waals surface area contributed by atoms with E-state index in [-0.39, 0.29) is 5.91 Å². The normalized spacial score (nSPS) is 10.4. The SMILES string of the molecule is CCOc1ccc(C(=O)Nc2cc(Cl)ccc2OC)cc1CSc1ccccc1. The number of benzene rings is 3. The molecule has 3 aromatic rings. The van der Waals surface area contributed by atoms with Gasteiger partial charge in [0.1, 0.15) is 11.5 Å². The van der Waals surface area contributed by atoms with Gasteiger partial charge in [0.2, 0.25) is 0 Å². The van der Waals surface area contributed by atoms with Crippen LogP contribution >= 0.6 is 23.4 Å². The number of methoxy groups -OCH3 is 1. The van der Waals surface area contributed by atoms with Crippen molar-refractivity contribution in [1.82, 2.24) is 0 Å². The van der Waals surface area contributed by atoms with Crippen LogP contribution < -0.4 is 14.8 Å². The summed E-state index contributed by atoms with van der Waals surface area (Å²) >= 11 is 7.75. The van der Waals surface area contributed by atoms with Crippen LogP contribution in [0.2, 0.25) is 5.02 Å². The van der Waals surface area contributed by atoms with Gasteiger partial charge in [-0.3, -0.25) is 4.79 Å². The summed E-state index contributed by atoms with van der Waals surface area (Å²) in [6.07, 6.45) is 0. The number of carbonyl (C=O) groups is 1. The molecule has 3 rings (SSSR count). The van der Waals surface area contributed by atoms with Crippen molar-refractivity contribution in [2.45, 2.75) is 17.6 Å². The number of hydrogen-bond donors (Lipinski definition) is 1. The number of carbonyl (C=O) groups excluding carboxylic acids is 1. The van der Waals surface area contributed by atoms with Gasteiger partial charge in [0.05, 0.1) is 19.4 Å². The van der Waals surface area contributed by atoms with Crippen LogP contribution in [0.4, 0.5) is 5.69 Å². The Morgan fingerprint density at radius 3 is 2.52 bits per heavy atom. The van der Waals surface area contributed by atoms with Crippen molar-refractivity contribution < 1.29 is 14.3 Å². The van der Waals surface area contributed by atoms with E-state index in [2.05, 4.69) is 17.4 Å². The summed E-state index contributed by atoms with van der Waals surface area (Å²) in [6.45, 7) is 2.51. The monoisotopic (exact) mass is 427 g/mol. The van der Waals surface area contributed by atoms with Crippen molar-refractivity contribution >= 4 is 35.0 Å². The minimum atomic E-state index is -0.237. The quantitative estimate of drug-likeness (QED) is 0.429. The molecule has 4 nitrogen and oxygen atoms in total. The zero-order chi connectivity index (χ0) is 20.6. The number of rotatable bonds is 8. The van der Waals surface area contributed by atoms with E-state index in [0.717, 1.165) is 16.2 Å². The molecule has 1 amide bonds. The minimum Gasteiger partial charge on any atom is -0.495 e. The minimum absolute atomic E-state index is 0.237. The van der Waals surface area contributed by atoms with Gasteiger partial charge in [-0.15, -0.1) is 11.8 Å². The fourth-order valence-electron chi connectivity index (χ4n) is 2.78. The van der Waals surface area contributed by atoms with E-state index in [1.54, 1.807) is 43.1 Å². The molecular formula is C23H22ClNO3S. The Hall–Kier alpha value is -2.63. The van der Waals surface area contributed by atoms with Gasteiger partial charge in [0.25, 0.3) is 5.91 Å². The average Bonchev–Trinajstić information content (AvgIpc) is 2.74. The van der Waals surface area contributed by atoms with Gasteiger partial charge in [0, 0.05) is 26.8 Å². The van der Waals surface area contributed by atoms with E-state index < -0.39 is 0 Å². The molecule has 6 heteroatoms. The van der Waals surface area contributed by atoms with Gasteiger partial charge in [0.15, 0.2) is 0 Å². The predicted octanol–water partition coefficient (Wildman–Crippen LogP) is 6.29. The van der Waals surface area contributed by atoms with Crippen molar-refractivity contribution in [3.63, 3.8) is 0 Å². The third-order valence-corrected chi connectivity index (χ3v) is 5.47. The molecular weight excluding hydrogens is 406 g/mol. The lowest BCUT2D eigenvalue weighted by Crippen LogP contribution is -2.13. The maximum absolute atomic E-state index is 12.8. The summed E-state index contributed by atoms with van der Waals surface area (Å²) < 4.78 is 11.1. The Morgan fingerprint density at radius 2 is 1.79 bits per heavy atom. The summed E-state index contributed by atoms with van der Waals surface area (Å²) in [5, 5.41) is 3.40. The molecule has 0 radical (unpaired) electrons. The highest BCUT2D eigenvalue weighted by Crippen LogP contribution is 2.31. The second-order valence-electron chi connectivity index (χ2n) is 6.16. The third kappa shape index (κ3) is 5.68. The summed E-state index contributed by atoms with van der Waals surface area (Å²) in [6, 6.07) is 20.7. The first-order valence-electron chi connectivity index (χ1n) is 9.19. The smallest absolute Gasteiger partial charge is 0.255 e. The topological polar surface area (TPSA) is 47.6 Å². The lowest BCUT2D eigenvalue weighted by molar-refractivity contribution is 0.102. The first-order chi connectivity index (χ1) is 14.1. The van der Waals surface area contributed by atoms with Crippen molar-refractivity contribution in [3.8, 4) is 11.5 Å². The van der Waals surface area contributed by atoms with Crippen molar-refractivity contribution in [3.05, 3.63) is 82.9 Å². The van der Waals surface area contributed by atoms with Crippen LogP contribution in [-0.4, -0.2) is 19.6 Å². The molecule has 0 bridgehead atoms. The van der Waals surface area contributed by atoms with Gasteiger partial charge in [-0.25, -0.2) is 0 Å². The molecule has 0 aliphatic rings. The number of ether oxygens (including phenoxy) is 2. The Kier molecular flexibility index (Phi) is 7.44. The Bertz CT molecular complexity index is 979. The number of nitrogens with one attached hydrogen (secondary N) is 1. The molecule has 150 valence electrons. The molecule has 1 N–H and O–H groups in total. The number of halogens is 1. The highest BCUT2D eigenvalue weighted by molar-refractivity contribution is 7.98. The van der Waals surface area contributed by atoms with Crippen LogP contribution in [0.15, 0.2) is 71.6 Å². The molecule has 0 atom stereocenters. The number of hydrogen-bond acceptors (Lipinski definition) is 4. The molecule has 0 unspecified atom stereocenters. The van der Waals surface area contributed by atoms with Crippen LogP contribution in [0.3, 0.4) is 0 Å². The fourth-order valence-corrected chi connectivity index (χ4v) is 3.85. The van der Waals surface area contributed by atoms with Gasteiger partial charge in [-0.1, -0.05) is 29.8 Å². The van der Waals surface area contributed by atoms with Crippen molar-refractivity contribution in [1.29, 1.82) is 0 Å². The maximum atomic E-state index is 12.8. The largest absolute Gasteiger partial charge is 0.495 e. The van der Waals surface area contributed by atoms with Gasteiger partial charge >= 0.3 is 0 Å². The number of anilines is 1. The lowest BCUT2D eigenvalue weighted by atomic mass is 10.1. The van der Waals surface area contributed by atoms with Gasteiger partial charge in [-0.2, -0.15) is 0 Å². The van der Waals surface area contributed by atoms with E-state index in [1.807, 2.05) is 37.3 Å². The number of amides is 1. The van der Waals surface area contributed by atoms with Crippen LogP contribution in [-0.2, 0) is 5.75 Å². The molecule has 0 heterocycles. The zero-order valence-electron chi connectivity index (χ0n) is 16.3. The Morgan fingerprint density at radius 1 is 1.03 bits per heavy atom. The maximum Gasteiger partial charge on any atom is 0.255 e. The van der Waals surface area contributed by atoms with Crippen LogP contribution in [0.5, 0.6) is 11.5 Å². The molecule has 0 saturated heterocycles. The third-order valence-electron chi connectivity index (χ3n) is 4.17. The fraction of sp³-hybridized carbons (Fsp3) is 0.174.